The van der Waals surface area contributed by atoms with Crippen molar-refractivity contribution in [2.45, 2.75) is 32.9 Å². The van der Waals surface area contributed by atoms with Gasteiger partial charge in [0.25, 0.3) is 0 Å². The topological polar surface area (TPSA) is 50.8 Å². The van der Waals surface area contributed by atoms with Crippen molar-refractivity contribution in [2.24, 2.45) is 5.92 Å². The molecule has 0 saturated carbocycles. The van der Waals surface area contributed by atoms with Gasteiger partial charge in [0.05, 0.1) is 5.92 Å². The zero-order valence-corrected chi connectivity index (χ0v) is 12.6. The number of nitrogens with one attached hydrogen (secondary N) is 1. The van der Waals surface area contributed by atoms with Crippen LogP contribution in [0.2, 0.25) is 0 Å². The fraction of sp³-hybridized carbons (Fsp3) is 0.562. The van der Waals surface area contributed by atoms with Crippen molar-refractivity contribution in [2.75, 3.05) is 19.9 Å². The van der Waals surface area contributed by atoms with Crippen molar-refractivity contribution in [1.29, 1.82) is 0 Å². The highest BCUT2D eigenvalue weighted by molar-refractivity contribution is 5.80. The number of carbonyl (C=O) groups is 1. The number of amides is 1. The fourth-order valence-electron chi connectivity index (χ4n) is 3.04. The first-order valence-corrected chi connectivity index (χ1v) is 7.59. The molecule has 0 radical (unpaired) electrons. The highest BCUT2D eigenvalue weighted by Crippen LogP contribution is 2.33. The predicted molar refractivity (Wildman–Crippen MR) is 79.2 cm³/mol. The normalized spacial score (nSPS) is 23.3. The molecule has 1 N–H and O–H groups in total. The Bertz CT molecular complexity index is 532. The zero-order chi connectivity index (χ0) is 14.8. The van der Waals surface area contributed by atoms with Crippen LogP contribution in [0.4, 0.5) is 0 Å². The molecule has 2 atom stereocenters. The van der Waals surface area contributed by atoms with Gasteiger partial charge in [-0.3, -0.25) is 4.79 Å². The lowest BCUT2D eigenvalue weighted by Gasteiger charge is -2.26. The summed E-state index contributed by atoms with van der Waals surface area (Å²) in [4.78, 5) is 14.6. The molecular weight excluding hydrogens is 268 g/mol. The maximum absolute atomic E-state index is 12.7. The number of hydrogen-bond acceptors (Lipinski definition) is 4. The van der Waals surface area contributed by atoms with Gasteiger partial charge in [-0.15, -0.1) is 0 Å². The number of benzene rings is 1. The van der Waals surface area contributed by atoms with E-state index in [2.05, 4.69) is 12.2 Å². The van der Waals surface area contributed by atoms with Crippen LogP contribution in [0.1, 0.15) is 25.8 Å². The van der Waals surface area contributed by atoms with E-state index >= 15 is 0 Å². The highest BCUT2D eigenvalue weighted by atomic mass is 16.7. The van der Waals surface area contributed by atoms with Gasteiger partial charge in [0, 0.05) is 19.1 Å². The number of carbonyl (C=O) groups excluding carboxylic acids is 1. The molecule has 5 heteroatoms. The molecule has 1 fully saturated rings. The van der Waals surface area contributed by atoms with Crippen molar-refractivity contribution >= 4 is 5.91 Å². The van der Waals surface area contributed by atoms with E-state index in [1.54, 1.807) is 0 Å². The number of fused-ring (bicyclic) bond motifs is 1. The number of ether oxygens (including phenoxy) is 2. The monoisotopic (exact) mass is 290 g/mol. The molecule has 1 aromatic rings. The van der Waals surface area contributed by atoms with E-state index < -0.39 is 0 Å². The van der Waals surface area contributed by atoms with E-state index in [1.807, 2.05) is 30.0 Å². The van der Waals surface area contributed by atoms with E-state index in [1.165, 1.54) is 0 Å². The average molecular weight is 290 g/mol. The summed E-state index contributed by atoms with van der Waals surface area (Å²) >= 11 is 0. The number of nitrogens with zero attached hydrogens (tertiary/aromatic N) is 1. The number of hydrogen-bond donors (Lipinski definition) is 1. The van der Waals surface area contributed by atoms with Gasteiger partial charge in [0.15, 0.2) is 11.5 Å². The Hall–Kier alpha value is -1.75. The largest absolute Gasteiger partial charge is 0.454 e. The lowest BCUT2D eigenvalue weighted by molar-refractivity contribution is -0.136. The summed E-state index contributed by atoms with van der Waals surface area (Å²) in [6, 6.07) is 6.15. The molecule has 0 aromatic heterocycles. The van der Waals surface area contributed by atoms with Crippen molar-refractivity contribution < 1.29 is 14.3 Å². The van der Waals surface area contributed by atoms with Gasteiger partial charge in [-0.05, 0) is 44.5 Å². The molecule has 2 unspecified atom stereocenters. The molecule has 2 heterocycles. The van der Waals surface area contributed by atoms with Gasteiger partial charge in [0.1, 0.15) is 0 Å². The minimum Gasteiger partial charge on any atom is -0.454 e. The number of rotatable bonds is 4. The van der Waals surface area contributed by atoms with E-state index in [9.17, 15) is 4.79 Å². The van der Waals surface area contributed by atoms with Crippen LogP contribution in [0.5, 0.6) is 11.5 Å². The lowest BCUT2D eigenvalue weighted by atomic mass is 10.00. The van der Waals surface area contributed by atoms with Crippen molar-refractivity contribution in [3.8, 4) is 11.5 Å². The smallest absolute Gasteiger partial charge is 0.231 e. The fourth-order valence-corrected chi connectivity index (χ4v) is 3.04. The van der Waals surface area contributed by atoms with Gasteiger partial charge in [0.2, 0.25) is 12.7 Å². The minimum atomic E-state index is 0.0963. The minimum absolute atomic E-state index is 0.0963. The molecule has 114 valence electrons. The molecule has 1 aromatic carbocycles. The van der Waals surface area contributed by atoms with E-state index in [0.29, 0.717) is 6.54 Å². The first-order chi connectivity index (χ1) is 10.2. The SMILES string of the molecule is CCN(Cc1ccc2c(c1)OCO2)C(=O)C1CCNC1C. The second-order valence-corrected chi connectivity index (χ2v) is 5.68. The molecule has 2 aliphatic rings. The molecule has 1 amide bonds. The van der Waals surface area contributed by atoms with Gasteiger partial charge in [-0.25, -0.2) is 0 Å². The average Bonchev–Trinajstić information content (AvgIpc) is 3.12. The van der Waals surface area contributed by atoms with E-state index in [0.717, 1.165) is 36.6 Å². The first kappa shape index (κ1) is 14.2. The molecular formula is C16H22N2O3. The predicted octanol–water partition coefficient (Wildman–Crippen LogP) is 1.76. The van der Waals surface area contributed by atoms with Gasteiger partial charge in [-0.1, -0.05) is 6.07 Å². The van der Waals surface area contributed by atoms with Crippen LogP contribution in [0, 0.1) is 5.92 Å². The van der Waals surface area contributed by atoms with E-state index in [-0.39, 0.29) is 24.7 Å². The third-order valence-corrected chi connectivity index (χ3v) is 4.35. The zero-order valence-electron chi connectivity index (χ0n) is 12.6. The maximum Gasteiger partial charge on any atom is 0.231 e. The third-order valence-electron chi connectivity index (χ3n) is 4.35. The van der Waals surface area contributed by atoms with E-state index in [4.69, 9.17) is 9.47 Å². The molecule has 2 aliphatic heterocycles. The Balaban J connectivity index is 1.70. The summed E-state index contributed by atoms with van der Waals surface area (Å²) in [5.41, 5.74) is 1.08. The van der Waals surface area contributed by atoms with Gasteiger partial charge < -0.3 is 19.7 Å². The van der Waals surface area contributed by atoms with Gasteiger partial charge >= 0.3 is 0 Å². The molecule has 5 nitrogen and oxygen atoms in total. The summed E-state index contributed by atoms with van der Waals surface area (Å²) in [6.07, 6.45) is 0.928. The van der Waals surface area contributed by atoms with Crippen LogP contribution in [0.15, 0.2) is 18.2 Å². The van der Waals surface area contributed by atoms with Crippen LogP contribution in [-0.4, -0.2) is 36.7 Å². The summed E-state index contributed by atoms with van der Waals surface area (Å²) < 4.78 is 10.7. The van der Waals surface area contributed by atoms with Crippen molar-refractivity contribution in [3.05, 3.63) is 23.8 Å². The second-order valence-electron chi connectivity index (χ2n) is 5.68. The molecule has 0 bridgehead atoms. The molecule has 0 aliphatic carbocycles. The maximum atomic E-state index is 12.7. The molecule has 3 rings (SSSR count). The Morgan fingerprint density at radius 2 is 2.19 bits per heavy atom. The highest BCUT2D eigenvalue weighted by Gasteiger charge is 2.32. The Morgan fingerprint density at radius 3 is 2.90 bits per heavy atom. The van der Waals surface area contributed by atoms with Crippen LogP contribution in [0.3, 0.4) is 0 Å². The third kappa shape index (κ3) is 2.83. The Labute approximate surface area is 125 Å². The molecule has 21 heavy (non-hydrogen) atoms. The summed E-state index contributed by atoms with van der Waals surface area (Å²) in [6.45, 7) is 6.66. The van der Waals surface area contributed by atoms with Crippen LogP contribution in [0.25, 0.3) is 0 Å². The summed E-state index contributed by atoms with van der Waals surface area (Å²) in [5.74, 6) is 1.89. The summed E-state index contributed by atoms with van der Waals surface area (Å²) in [5, 5.41) is 3.34. The van der Waals surface area contributed by atoms with Crippen molar-refractivity contribution in [3.63, 3.8) is 0 Å². The summed E-state index contributed by atoms with van der Waals surface area (Å²) in [7, 11) is 0. The van der Waals surface area contributed by atoms with Gasteiger partial charge in [-0.2, -0.15) is 0 Å². The molecule has 0 spiro atoms. The standard InChI is InChI=1S/C16H22N2O3/c1-3-18(16(19)13-6-7-17-11(13)2)9-12-4-5-14-15(8-12)21-10-20-14/h4-5,8,11,13,17H,3,6-7,9-10H2,1-2H3. The molecule has 1 saturated heterocycles. The second kappa shape index (κ2) is 5.93. The van der Waals surface area contributed by atoms with Crippen LogP contribution < -0.4 is 14.8 Å². The van der Waals surface area contributed by atoms with Crippen LogP contribution in [-0.2, 0) is 11.3 Å². The Morgan fingerprint density at radius 1 is 1.38 bits per heavy atom. The lowest BCUT2D eigenvalue weighted by Crippen LogP contribution is -2.39. The Kier molecular flexibility index (Phi) is 4.01. The van der Waals surface area contributed by atoms with Crippen molar-refractivity contribution in [1.82, 2.24) is 10.2 Å². The first-order valence-electron chi connectivity index (χ1n) is 7.59. The quantitative estimate of drug-likeness (QED) is 0.918. The van der Waals surface area contributed by atoms with Crippen LogP contribution >= 0.6 is 0 Å².